The molecule has 0 unspecified atom stereocenters. The minimum atomic E-state index is -0.269. The SMILES string of the molecule is CN(c1cccc(F)c1)c1ncc(I)cn1. The Bertz CT molecular complexity index is 487. The van der Waals surface area contributed by atoms with Gasteiger partial charge in [-0.2, -0.15) is 0 Å². The molecule has 1 aromatic heterocycles. The van der Waals surface area contributed by atoms with E-state index in [1.807, 2.05) is 6.07 Å². The van der Waals surface area contributed by atoms with Gasteiger partial charge in [-0.05, 0) is 40.8 Å². The number of rotatable bonds is 2. The van der Waals surface area contributed by atoms with Crippen LogP contribution in [0.4, 0.5) is 16.0 Å². The second-order valence-electron chi connectivity index (χ2n) is 3.24. The average molecular weight is 329 g/mol. The molecule has 5 heteroatoms. The highest BCUT2D eigenvalue weighted by molar-refractivity contribution is 14.1. The highest BCUT2D eigenvalue weighted by atomic mass is 127. The maximum atomic E-state index is 13.0. The molecule has 16 heavy (non-hydrogen) atoms. The van der Waals surface area contributed by atoms with E-state index in [1.54, 1.807) is 30.4 Å². The van der Waals surface area contributed by atoms with E-state index in [0.29, 0.717) is 5.95 Å². The van der Waals surface area contributed by atoms with Crippen molar-refractivity contribution < 1.29 is 4.39 Å². The zero-order valence-corrected chi connectivity index (χ0v) is 10.7. The second-order valence-corrected chi connectivity index (χ2v) is 4.49. The first-order chi connectivity index (χ1) is 7.66. The Morgan fingerprint density at radius 2 is 1.94 bits per heavy atom. The molecule has 0 amide bonds. The van der Waals surface area contributed by atoms with Gasteiger partial charge in [0.2, 0.25) is 5.95 Å². The summed E-state index contributed by atoms with van der Waals surface area (Å²) >= 11 is 2.14. The summed E-state index contributed by atoms with van der Waals surface area (Å²) in [7, 11) is 1.80. The number of benzene rings is 1. The van der Waals surface area contributed by atoms with Gasteiger partial charge in [-0.15, -0.1) is 0 Å². The smallest absolute Gasteiger partial charge is 0.229 e. The zero-order chi connectivity index (χ0) is 11.5. The lowest BCUT2D eigenvalue weighted by Gasteiger charge is -2.16. The van der Waals surface area contributed by atoms with Crippen molar-refractivity contribution in [2.75, 3.05) is 11.9 Å². The highest BCUT2D eigenvalue weighted by Gasteiger charge is 2.06. The van der Waals surface area contributed by atoms with Crippen LogP contribution in [0.25, 0.3) is 0 Å². The van der Waals surface area contributed by atoms with Gasteiger partial charge >= 0.3 is 0 Å². The Labute approximate surface area is 106 Å². The average Bonchev–Trinajstić information content (AvgIpc) is 2.29. The predicted molar refractivity (Wildman–Crippen MR) is 69.2 cm³/mol. The number of halogens is 2. The molecule has 0 atom stereocenters. The highest BCUT2D eigenvalue weighted by Crippen LogP contribution is 2.20. The normalized spacial score (nSPS) is 10.2. The fraction of sp³-hybridized carbons (Fsp3) is 0.0909. The molecule has 3 nitrogen and oxygen atoms in total. The maximum Gasteiger partial charge on any atom is 0.229 e. The predicted octanol–water partition coefficient (Wildman–Crippen LogP) is 2.99. The lowest BCUT2D eigenvalue weighted by atomic mass is 10.3. The van der Waals surface area contributed by atoms with Gasteiger partial charge in [-0.1, -0.05) is 6.07 Å². The van der Waals surface area contributed by atoms with Crippen LogP contribution in [0, 0.1) is 9.39 Å². The molecule has 0 N–H and O–H groups in total. The summed E-state index contributed by atoms with van der Waals surface area (Å²) in [6.45, 7) is 0. The molecule has 0 bridgehead atoms. The van der Waals surface area contributed by atoms with Crippen molar-refractivity contribution in [3.63, 3.8) is 0 Å². The summed E-state index contributed by atoms with van der Waals surface area (Å²) in [5.41, 5.74) is 0.723. The summed E-state index contributed by atoms with van der Waals surface area (Å²) in [5, 5.41) is 0. The van der Waals surface area contributed by atoms with Gasteiger partial charge in [0.05, 0.1) is 0 Å². The molecule has 1 aromatic carbocycles. The molecule has 0 fully saturated rings. The monoisotopic (exact) mass is 329 g/mol. The molecular weight excluding hydrogens is 320 g/mol. The molecule has 0 spiro atoms. The minimum absolute atomic E-state index is 0.269. The lowest BCUT2D eigenvalue weighted by Crippen LogP contribution is -2.13. The third kappa shape index (κ3) is 2.46. The summed E-state index contributed by atoms with van der Waals surface area (Å²) in [5.74, 6) is 0.279. The summed E-state index contributed by atoms with van der Waals surface area (Å²) < 4.78 is 14.0. The van der Waals surface area contributed by atoms with Crippen molar-refractivity contribution in [2.24, 2.45) is 0 Å². The van der Waals surface area contributed by atoms with Gasteiger partial charge in [-0.3, -0.25) is 0 Å². The van der Waals surface area contributed by atoms with E-state index < -0.39 is 0 Å². The lowest BCUT2D eigenvalue weighted by molar-refractivity contribution is 0.628. The fourth-order valence-corrected chi connectivity index (χ4v) is 1.56. The first-order valence-electron chi connectivity index (χ1n) is 4.63. The van der Waals surface area contributed by atoms with Crippen LogP contribution in [-0.4, -0.2) is 17.0 Å². The maximum absolute atomic E-state index is 13.0. The van der Waals surface area contributed by atoms with E-state index in [4.69, 9.17) is 0 Å². The third-order valence-electron chi connectivity index (χ3n) is 2.10. The number of hydrogen-bond donors (Lipinski definition) is 0. The van der Waals surface area contributed by atoms with E-state index in [9.17, 15) is 4.39 Å². The molecule has 2 rings (SSSR count). The number of aromatic nitrogens is 2. The molecule has 0 aliphatic carbocycles. The summed E-state index contributed by atoms with van der Waals surface area (Å²) in [6.07, 6.45) is 3.44. The van der Waals surface area contributed by atoms with E-state index in [0.717, 1.165) is 9.26 Å². The van der Waals surface area contributed by atoms with Crippen LogP contribution in [0.5, 0.6) is 0 Å². The quantitative estimate of drug-likeness (QED) is 0.793. The number of hydrogen-bond acceptors (Lipinski definition) is 3. The van der Waals surface area contributed by atoms with E-state index in [-0.39, 0.29) is 5.82 Å². The fourth-order valence-electron chi connectivity index (χ4n) is 1.28. The molecule has 0 saturated carbocycles. The molecule has 0 saturated heterocycles. The van der Waals surface area contributed by atoms with Crippen LogP contribution < -0.4 is 4.90 Å². The van der Waals surface area contributed by atoms with Gasteiger partial charge in [0.25, 0.3) is 0 Å². The van der Waals surface area contributed by atoms with Gasteiger partial charge < -0.3 is 4.90 Å². The van der Waals surface area contributed by atoms with E-state index in [1.165, 1.54) is 12.1 Å². The molecule has 1 heterocycles. The standard InChI is InChI=1S/C11H9FIN3/c1-16(10-4-2-3-8(12)5-10)11-14-6-9(13)7-15-11/h2-7H,1H3. The van der Waals surface area contributed by atoms with Gasteiger partial charge in [0.1, 0.15) is 5.82 Å². The van der Waals surface area contributed by atoms with Crippen LogP contribution in [0.2, 0.25) is 0 Å². The number of nitrogens with zero attached hydrogens (tertiary/aromatic N) is 3. The van der Waals surface area contributed by atoms with Crippen LogP contribution in [0.15, 0.2) is 36.7 Å². The Balaban J connectivity index is 2.31. The van der Waals surface area contributed by atoms with Crippen LogP contribution >= 0.6 is 22.6 Å². The van der Waals surface area contributed by atoms with Gasteiger partial charge in [0.15, 0.2) is 0 Å². The molecule has 0 aliphatic heterocycles. The minimum Gasteiger partial charge on any atom is -0.314 e. The third-order valence-corrected chi connectivity index (χ3v) is 2.66. The van der Waals surface area contributed by atoms with Gasteiger partial charge in [0, 0.05) is 28.7 Å². The van der Waals surface area contributed by atoms with Crippen molar-refractivity contribution in [1.82, 2.24) is 9.97 Å². The Hall–Kier alpha value is -1.24. The van der Waals surface area contributed by atoms with Crippen molar-refractivity contribution in [1.29, 1.82) is 0 Å². The Kier molecular flexibility index (Phi) is 3.33. The summed E-state index contributed by atoms with van der Waals surface area (Å²) in [4.78, 5) is 10.1. The molecule has 0 radical (unpaired) electrons. The molecular formula is C11H9FIN3. The van der Waals surface area contributed by atoms with Crippen LogP contribution in [-0.2, 0) is 0 Å². The first kappa shape index (κ1) is 11.3. The Morgan fingerprint density at radius 1 is 1.25 bits per heavy atom. The Morgan fingerprint density at radius 3 is 2.56 bits per heavy atom. The molecule has 0 aliphatic rings. The first-order valence-corrected chi connectivity index (χ1v) is 5.71. The van der Waals surface area contributed by atoms with Crippen LogP contribution in [0.3, 0.4) is 0 Å². The van der Waals surface area contributed by atoms with Crippen molar-refractivity contribution in [3.05, 3.63) is 46.0 Å². The molecule has 82 valence electrons. The van der Waals surface area contributed by atoms with Crippen molar-refractivity contribution in [2.45, 2.75) is 0 Å². The van der Waals surface area contributed by atoms with E-state index in [2.05, 4.69) is 32.6 Å². The second kappa shape index (κ2) is 4.73. The van der Waals surface area contributed by atoms with Crippen LogP contribution in [0.1, 0.15) is 0 Å². The molecule has 2 aromatic rings. The van der Waals surface area contributed by atoms with Crippen molar-refractivity contribution >= 4 is 34.2 Å². The van der Waals surface area contributed by atoms with E-state index >= 15 is 0 Å². The zero-order valence-electron chi connectivity index (χ0n) is 8.56. The summed E-state index contributed by atoms with van der Waals surface area (Å²) in [6, 6.07) is 6.33. The van der Waals surface area contributed by atoms with Crippen molar-refractivity contribution in [3.8, 4) is 0 Å². The van der Waals surface area contributed by atoms with Gasteiger partial charge in [-0.25, -0.2) is 14.4 Å². The topological polar surface area (TPSA) is 29.0 Å². The largest absolute Gasteiger partial charge is 0.314 e. The number of anilines is 2.